The molecule has 0 fully saturated rings. The molecule has 0 aromatic carbocycles. The molecule has 118 valence electrons. The van der Waals surface area contributed by atoms with Crippen molar-refractivity contribution in [1.29, 1.82) is 0 Å². The molecule has 0 bridgehead atoms. The van der Waals surface area contributed by atoms with Crippen molar-refractivity contribution >= 4 is 23.8 Å². The zero-order valence-corrected chi connectivity index (χ0v) is 13.2. The molecule has 0 unspecified atom stereocenters. The minimum Gasteiger partial charge on any atom is -0.357 e. The average Bonchev–Trinajstić information content (AvgIpc) is 2.48. The molecule has 0 aliphatic heterocycles. The van der Waals surface area contributed by atoms with E-state index in [1.807, 2.05) is 11.8 Å². The van der Waals surface area contributed by atoms with Gasteiger partial charge in [-0.05, 0) is 20.8 Å². The van der Waals surface area contributed by atoms with E-state index in [0.29, 0.717) is 37.4 Å². The van der Waals surface area contributed by atoms with Crippen molar-refractivity contribution < 1.29 is 4.79 Å². The van der Waals surface area contributed by atoms with E-state index in [-0.39, 0.29) is 5.91 Å². The molecule has 1 amide bonds. The number of rotatable bonds is 9. The Morgan fingerprint density at radius 1 is 1.10 bits per heavy atom. The molecule has 1 heterocycles. The van der Waals surface area contributed by atoms with Gasteiger partial charge < -0.3 is 20.9 Å². The summed E-state index contributed by atoms with van der Waals surface area (Å²) in [6, 6.07) is 0. The summed E-state index contributed by atoms with van der Waals surface area (Å²) < 4.78 is 0. The van der Waals surface area contributed by atoms with Crippen molar-refractivity contribution in [2.45, 2.75) is 27.2 Å². The topological polar surface area (TPSA) is 95.1 Å². The predicted octanol–water partition coefficient (Wildman–Crippen LogP) is 0.698. The number of carbonyl (C=O) groups excluding carboxylic acids is 1. The van der Waals surface area contributed by atoms with Crippen LogP contribution in [0.25, 0.3) is 0 Å². The summed E-state index contributed by atoms with van der Waals surface area (Å²) in [6.07, 6.45) is 0.384. The minimum atomic E-state index is 0.0110. The van der Waals surface area contributed by atoms with Crippen molar-refractivity contribution in [2.75, 3.05) is 48.8 Å². The highest BCUT2D eigenvalue weighted by Gasteiger charge is 2.10. The van der Waals surface area contributed by atoms with Crippen LogP contribution < -0.4 is 20.9 Å². The van der Waals surface area contributed by atoms with Crippen LogP contribution in [0, 0.1) is 0 Å². The van der Waals surface area contributed by atoms with Gasteiger partial charge in [0.05, 0.1) is 0 Å². The van der Waals surface area contributed by atoms with Gasteiger partial charge in [-0.25, -0.2) is 0 Å². The van der Waals surface area contributed by atoms with Crippen LogP contribution in [0.2, 0.25) is 0 Å². The highest BCUT2D eigenvalue weighted by Crippen LogP contribution is 2.12. The highest BCUT2D eigenvalue weighted by atomic mass is 16.1. The van der Waals surface area contributed by atoms with Crippen molar-refractivity contribution in [1.82, 2.24) is 20.3 Å². The predicted molar refractivity (Wildman–Crippen MR) is 84.7 cm³/mol. The van der Waals surface area contributed by atoms with Crippen LogP contribution >= 0.6 is 0 Å². The van der Waals surface area contributed by atoms with Gasteiger partial charge >= 0.3 is 0 Å². The molecule has 3 N–H and O–H groups in total. The maximum absolute atomic E-state index is 11.4. The van der Waals surface area contributed by atoms with Crippen LogP contribution in [0.15, 0.2) is 0 Å². The zero-order chi connectivity index (χ0) is 15.7. The van der Waals surface area contributed by atoms with E-state index in [1.54, 1.807) is 7.05 Å². The first kappa shape index (κ1) is 16.9. The van der Waals surface area contributed by atoms with Crippen LogP contribution in [0.5, 0.6) is 0 Å². The van der Waals surface area contributed by atoms with Gasteiger partial charge in [0.1, 0.15) is 0 Å². The number of nitrogens with zero attached hydrogens (tertiary/aromatic N) is 4. The molecular formula is C13H25N7O. The summed E-state index contributed by atoms with van der Waals surface area (Å²) >= 11 is 0. The van der Waals surface area contributed by atoms with Gasteiger partial charge in [0.2, 0.25) is 23.8 Å². The van der Waals surface area contributed by atoms with Gasteiger partial charge in [-0.15, -0.1) is 0 Å². The highest BCUT2D eigenvalue weighted by molar-refractivity contribution is 5.76. The fourth-order valence-corrected chi connectivity index (χ4v) is 1.78. The van der Waals surface area contributed by atoms with E-state index < -0.39 is 0 Å². The third-order valence-corrected chi connectivity index (χ3v) is 2.90. The van der Waals surface area contributed by atoms with Crippen molar-refractivity contribution in [3.63, 3.8) is 0 Å². The van der Waals surface area contributed by atoms with Crippen molar-refractivity contribution in [3.05, 3.63) is 0 Å². The number of anilines is 3. The van der Waals surface area contributed by atoms with Crippen molar-refractivity contribution in [2.24, 2.45) is 0 Å². The lowest BCUT2D eigenvalue weighted by atomic mass is 10.4. The fraction of sp³-hybridized carbons (Fsp3) is 0.692. The molecule has 0 atom stereocenters. The Hall–Kier alpha value is -2.12. The second-order valence-corrected chi connectivity index (χ2v) is 4.34. The van der Waals surface area contributed by atoms with E-state index in [1.165, 1.54) is 0 Å². The van der Waals surface area contributed by atoms with E-state index >= 15 is 0 Å². The number of carbonyl (C=O) groups is 1. The molecule has 0 saturated heterocycles. The second-order valence-electron chi connectivity index (χ2n) is 4.34. The summed E-state index contributed by atoms with van der Waals surface area (Å²) in [6.45, 7) is 8.76. The van der Waals surface area contributed by atoms with Crippen LogP contribution in [0.3, 0.4) is 0 Å². The number of hydrogen-bond donors (Lipinski definition) is 3. The standard InChI is InChI=1S/C13H25N7O/c1-5-15-10(21)8-9-16-12-17-11(14-4)18-13(19-12)20(6-2)7-3/h5-9H2,1-4H3,(H,15,21)(H2,14,16,17,18,19). The molecule has 0 spiro atoms. The maximum atomic E-state index is 11.4. The third-order valence-electron chi connectivity index (χ3n) is 2.90. The fourth-order valence-electron chi connectivity index (χ4n) is 1.78. The van der Waals surface area contributed by atoms with E-state index in [4.69, 9.17) is 0 Å². The average molecular weight is 295 g/mol. The summed E-state index contributed by atoms with van der Waals surface area (Å²) in [4.78, 5) is 26.4. The number of aromatic nitrogens is 3. The summed E-state index contributed by atoms with van der Waals surface area (Å²) in [5.41, 5.74) is 0. The Balaban J connectivity index is 2.72. The van der Waals surface area contributed by atoms with Crippen LogP contribution in [-0.2, 0) is 4.79 Å². The molecule has 8 heteroatoms. The quantitative estimate of drug-likeness (QED) is 0.617. The van der Waals surface area contributed by atoms with E-state index in [9.17, 15) is 4.79 Å². The SMILES string of the molecule is CCNC(=O)CCNc1nc(NC)nc(N(CC)CC)n1. The first-order valence-electron chi connectivity index (χ1n) is 7.33. The molecule has 8 nitrogen and oxygen atoms in total. The van der Waals surface area contributed by atoms with Gasteiger partial charge in [0.25, 0.3) is 0 Å². The third kappa shape index (κ3) is 5.41. The Kier molecular flexibility index (Phi) is 7.20. The smallest absolute Gasteiger partial charge is 0.231 e. The van der Waals surface area contributed by atoms with Crippen LogP contribution in [0.1, 0.15) is 27.2 Å². The summed E-state index contributed by atoms with van der Waals surface area (Å²) in [5, 5.41) is 8.73. The number of nitrogens with one attached hydrogen (secondary N) is 3. The number of amides is 1. The first-order valence-corrected chi connectivity index (χ1v) is 7.33. The van der Waals surface area contributed by atoms with E-state index in [0.717, 1.165) is 13.1 Å². The van der Waals surface area contributed by atoms with Gasteiger partial charge in [-0.3, -0.25) is 4.79 Å². The molecule has 21 heavy (non-hydrogen) atoms. The van der Waals surface area contributed by atoms with Gasteiger partial charge in [0.15, 0.2) is 0 Å². The number of hydrogen-bond acceptors (Lipinski definition) is 7. The van der Waals surface area contributed by atoms with Gasteiger partial charge in [-0.1, -0.05) is 0 Å². The molecule has 1 rings (SSSR count). The van der Waals surface area contributed by atoms with Crippen LogP contribution in [-0.4, -0.2) is 54.1 Å². The van der Waals surface area contributed by atoms with Gasteiger partial charge in [-0.2, -0.15) is 15.0 Å². The first-order chi connectivity index (χ1) is 10.1. The largest absolute Gasteiger partial charge is 0.357 e. The lowest BCUT2D eigenvalue weighted by molar-refractivity contribution is -0.120. The summed E-state index contributed by atoms with van der Waals surface area (Å²) in [7, 11) is 1.76. The van der Waals surface area contributed by atoms with Crippen molar-refractivity contribution in [3.8, 4) is 0 Å². The van der Waals surface area contributed by atoms with Crippen LogP contribution in [0.4, 0.5) is 17.8 Å². The molecule has 0 saturated carbocycles. The maximum Gasteiger partial charge on any atom is 0.231 e. The van der Waals surface area contributed by atoms with Gasteiger partial charge in [0, 0.05) is 39.6 Å². The Labute approximate surface area is 125 Å². The molecular weight excluding hydrogens is 270 g/mol. The Morgan fingerprint density at radius 2 is 1.76 bits per heavy atom. The summed E-state index contributed by atoms with van der Waals surface area (Å²) in [5.74, 6) is 1.62. The Bertz CT molecular complexity index is 448. The molecule has 0 aliphatic rings. The normalized spacial score (nSPS) is 10.1. The molecule has 0 aliphatic carbocycles. The second kappa shape index (κ2) is 8.93. The zero-order valence-electron chi connectivity index (χ0n) is 13.2. The lowest BCUT2D eigenvalue weighted by Crippen LogP contribution is -2.26. The Morgan fingerprint density at radius 3 is 2.33 bits per heavy atom. The monoisotopic (exact) mass is 295 g/mol. The minimum absolute atomic E-state index is 0.0110. The molecule has 0 radical (unpaired) electrons. The molecule has 1 aromatic rings. The lowest BCUT2D eigenvalue weighted by Gasteiger charge is -2.19. The molecule has 1 aromatic heterocycles. The van der Waals surface area contributed by atoms with E-state index in [2.05, 4.69) is 44.7 Å².